The molecule has 1 heterocycles. The number of quaternary nitrogens is 1. The summed E-state index contributed by atoms with van der Waals surface area (Å²) in [5.74, 6) is -0.248. The van der Waals surface area contributed by atoms with Crippen LogP contribution in [-0.2, 0) is 4.79 Å². The second kappa shape index (κ2) is 7.36. The van der Waals surface area contributed by atoms with Gasteiger partial charge in [-0.3, -0.25) is 4.79 Å². The average Bonchev–Trinajstić information content (AvgIpc) is 2.39. The molecule has 7 heteroatoms. The van der Waals surface area contributed by atoms with Crippen molar-refractivity contribution in [1.29, 1.82) is 0 Å². The number of hydrazone groups is 1. The van der Waals surface area contributed by atoms with Crippen molar-refractivity contribution in [3.63, 3.8) is 0 Å². The summed E-state index contributed by atoms with van der Waals surface area (Å²) >= 11 is 6.11. The van der Waals surface area contributed by atoms with Gasteiger partial charge in [0.05, 0.1) is 11.7 Å². The Balaban J connectivity index is 0.00000220. The molecule has 2 rings (SSSR count). The number of carbonyl (C=O) groups excluding carboxylic acids is 1. The molecule has 2 aromatic rings. The third-order valence-electron chi connectivity index (χ3n) is 2.78. The Labute approximate surface area is 134 Å². The molecule has 0 aliphatic heterocycles. The number of nitrogens with one attached hydrogen (secondary N) is 1. The smallest absolute Gasteiger partial charge is 0.297 e. The number of hydrogen-bond acceptors (Lipinski definition) is 3. The molecule has 112 valence electrons. The number of amides is 1. The van der Waals surface area contributed by atoms with Gasteiger partial charge in [0, 0.05) is 10.9 Å². The first kappa shape index (κ1) is 17.4. The highest BCUT2D eigenvalue weighted by Gasteiger charge is 2.08. The van der Waals surface area contributed by atoms with E-state index < -0.39 is 0 Å². The minimum absolute atomic E-state index is 0. The summed E-state index contributed by atoms with van der Waals surface area (Å²) in [6, 6.07) is 7.47. The van der Waals surface area contributed by atoms with E-state index in [1.807, 2.05) is 31.2 Å². The van der Waals surface area contributed by atoms with Crippen LogP contribution in [0.5, 0.6) is 0 Å². The summed E-state index contributed by atoms with van der Waals surface area (Å²) in [5.41, 5.74) is 8.62. The highest BCUT2D eigenvalue weighted by molar-refractivity contribution is 6.32. The standard InChI is InChI=1S/C14H15ClN4O.ClH/c1-8-3-4-10-6-11(13(15)18-12(10)5-8)7-17-19-14(20)9(2)16;/h3-7,9H,16H2,1-2H3,(H,19,20);1H/b17-7+;/t9-;/m1./s1. The van der Waals surface area contributed by atoms with E-state index in [0.717, 1.165) is 16.5 Å². The zero-order chi connectivity index (χ0) is 14.7. The molecule has 0 spiro atoms. The highest BCUT2D eigenvalue weighted by atomic mass is 35.5. The van der Waals surface area contributed by atoms with Gasteiger partial charge in [-0.25, -0.2) is 10.4 Å². The molecule has 0 unspecified atom stereocenters. The van der Waals surface area contributed by atoms with E-state index in [2.05, 4.69) is 21.2 Å². The third kappa shape index (κ3) is 4.39. The van der Waals surface area contributed by atoms with Crippen LogP contribution in [0.15, 0.2) is 29.4 Å². The van der Waals surface area contributed by atoms with Crippen LogP contribution in [0.4, 0.5) is 0 Å². The summed E-state index contributed by atoms with van der Waals surface area (Å²) in [5, 5.41) is 5.18. The van der Waals surface area contributed by atoms with Crippen molar-refractivity contribution in [2.24, 2.45) is 5.10 Å². The number of aromatic nitrogens is 1. The molecule has 21 heavy (non-hydrogen) atoms. The Hall–Kier alpha value is -1.69. The van der Waals surface area contributed by atoms with Crippen molar-refractivity contribution < 1.29 is 22.9 Å². The molecule has 0 saturated heterocycles. The van der Waals surface area contributed by atoms with E-state index in [-0.39, 0.29) is 24.4 Å². The van der Waals surface area contributed by atoms with Gasteiger partial charge in [0.25, 0.3) is 5.91 Å². The normalized spacial score (nSPS) is 12.2. The zero-order valence-electron chi connectivity index (χ0n) is 11.7. The average molecular weight is 327 g/mol. The van der Waals surface area contributed by atoms with Crippen LogP contribution in [-0.4, -0.2) is 23.1 Å². The zero-order valence-corrected chi connectivity index (χ0v) is 13.2. The van der Waals surface area contributed by atoms with Crippen LogP contribution in [0.3, 0.4) is 0 Å². The maximum absolute atomic E-state index is 11.3. The van der Waals surface area contributed by atoms with Gasteiger partial charge in [-0.2, -0.15) is 5.10 Å². The molecule has 5 nitrogen and oxygen atoms in total. The number of benzene rings is 1. The molecule has 1 amide bonds. The highest BCUT2D eigenvalue weighted by Crippen LogP contribution is 2.20. The lowest BCUT2D eigenvalue weighted by atomic mass is 10.1. The fraction of sp³-hybridized carbons (Fsp3) is 0.214. The second-order valence-corrected chi connectivity index (χ2v) is 5.06. The Bertz CT molecular complexity index is 686. The second-order valence-electron chi connectivity index (χ2n) is 4.70. The first-order chi connectivity index (χ1) is 9.47. The molecule has 0 aliphatic rings. The number of fused-ring (bicyclic) bond motifs is 1. The van der Waals surface area contributed by atoms with Crippen molar-refractivity contribution >= 4 is 34.6 Å². The first-order valence-corrected chi connectivity index (χ1v) is 6.58. The van der Waals surface area contributed by atoms with E-state index in [1.54, 1.807) is 6.92 Å². The maximum atomic E-state index is 11.3. The summed E-state index contributed by atoms with van der Waals surface area (Å²) < 4.78 is 0. The number of pyridine rings is 1. The number of carbonyl (C=O) groups is 1. The van der Waals surface area contributed by atoms with Crippen molar-refractivity contribution in [2.45, 2.75) is 19.9 Å². The molecule has 4 N–H and O–H groups in total. The number of aryl methyl sites for hydroxylation is 1. The van der Waals surface area contributed by atoms with Gasteiger partial charge >= 0.3 is 0 Å². The molecule has 1 atom stereocenters. The van der Waals surface area contributed by atoms with Crippen LogP contribution in [0, 0.1) is 6.92 Å². The number of nitrogens with zero attached hydrogens (tertiary/aromatic N) is 2. The first-order valence-electron chi connectivity index (χ1n) is 6.20. The monoisotopic (exact) mass is 326 g/mol. The minimum Gasteiger partial charge on any atom is -1.00 e. The number of halogens is 2. The predicted octanol–water partition coefficient (Wildman–Crippen LogP) is -1.72. The van der Waals surface area contributed by atoms with E-state index in [4.69, 9.17) is 11.6 Å². The van der Waals surface area contributed by atoms with Crippen LogP contribution >= 0.6 is 11.6 Å². The molecule has 0 radical (unpaired) electrons. The summed E-state index contributed by atoms with van der Waals surface area (Å²) in [6.07, 6.45) is 1.48. The quantitative estimate of drug-likeness (QED) is 0.399. The van der Waals surface area contributed by atoms with E-state index >= 15 is 0 Å². The SMILES string of the molecule is Cc1ccc2cc(/C=N/NC(=O)[C@@H](C)[NH3+])c(Cl)nc2c1.[Cl-]. The lowest BCUT2D eigenvalue weighted by Crippen LogP contribution is -3.00. The van der Waals surface area contributed by atoms with Gasteiger partial charge in [0.15, 0.2) is 6.04 Å². The van der Waals surface area contributed by atoms with Crippen LogP contribution in [0.25, 0.3) is 10.9 Å². The molecular formula is C14H16Cl2N4O. The molecule has 1 aromatic heterocycles. The van der Waals surface area contributed by atoms with Crippen LogP contribution < -0.4 is 23.6 Å². The van der Waals surface area contributed by atoms with Crippen molar-refractivity contribution in [1.82, 2.24) is 10.4 Å². The maximum Gasteiger partial charge on any atom is 0.297 e. The van der Waals surface area contributed by atoms with E-state index in [0.29, 0.717) is 10.7 Å². The lowest BCUT2D eigenvalue weighted by Gasteiger charge is -2.03. The van der Waals surface area contributed by atoms with Gasteiger partial charge in [-0.1, -0.05) is 23.7 Å². The largest absolute Gasteiger partial charge is 1.00 e. The molecule has 0 saturated carbocycles. The predicted molar refractivity (Wildman–Crippen MR) is 79.6 cm³/mol. The van der Waals surface area contributed by atoms with Gasteiger partial charge in [-0.05, 0) is 31.5 Å². The van der Waals surface area contributed by atoms with Gasteiger partial charge < -0.3 is 18.1 Å². The number of rotatable bonds is 3. The summed E-state index contributed by atoms with van der Waals surface area (Å²) in [7, 11) is 0. The lowest BCUT2D eigenvalue weighted by molar-refractivity contribution is -0.398. The van der Waals surface area contributed by atoms with Crippen molar-refractivity contribution in [3.8, 4) is 0 Å². The van der Waals surface area contributed by atoms with Gasteiger partial charge in [0.1, 0.15) is 5.15 Å². The van der Waals surface area contributed by atoms with Crippen LogP contribution in [0.2, 0.25) is 5.15 Å². The molecule has 1 aromatic carbocycles. The molecular weight excluding hydrogens is 311 g/mol. The molecule has 0 aliphatic carbocycles. The van der Waals surface area contributed by atoms with Gasteiger partial charge in [0.2, 0.25) is 0 Å². The Kier molecular flexibility index (Phi) is 6.08. The van der Waals surface area contributed by atoms with Crippen molar-refractivity contribution in [3.05, 3.63) is 40.5 Å². The topological polar surface area (TPSA) is 82.0 Å². The minimum atomic E-state index is -0.361. The van der Waals surface area contributed by atoms with Gasteiger partial charge in [-0.15, -0.1) is 0 Å². The summed E-state index contributed by atoms with van der Waals surface area (Å²) in [4.78, 5) is 15.7. The third-order valence-corrected chi connectivity index (χ3v) is 3.08. The fourth-order valence-electron chi connectivity index (χ4n) is 1.64. The van der Waals surface area contributed by atoms with Crippen molar-refractivity contribution in [2.75, 3.05) is 0 Å². The number of hydrogen-bond donors (Lipinski definition) is 2. The Morgan fingerprint density at radius 3 is 2.86 bits per heavy atom. The Morgan fingerprint density at radius 2 is 2.19 bits per heavy atom. The van der Waals surface area contributed by atoms with E-state index in [9.17, 15) is 4.79 Å². The molecule has 0 bridgehead atoms. The molecule has 0 fully saturated rings. The fourth-order valence-corrected chi connectivity index (χ4v) is 1.83. The Morgan fingerprint density at radius 1 is 1.48 bits per heavy atom. The van der Waals surface area contributed by atoms with Crippen LogP contribution in [0.1, 0.15) is 18.1 Å². The van der Waals surface area contributed by atoms with E-state index in [1.165, 1.54) is 6.21 Å². The summed E-state index contributed by atoms with van der Waals surface area (Å²) in [6.45, 7) is 3.69.